The van der Waals surface area contributed by atoms with Crippen LogP contribution in [0, 0.1) is 11.7 Å². The van der Waals surface area contributed by atoms with Gasteiger partial charge in [0.1, 0.15) is 15.6 Å². The van der Waals surface area contributed by atoms with Crippen LogP contribution >= 0.6 is 23.6 Å². The van der Waals surface area contributed by atoms with E-state index in [-0.39, 0.29) is 9.77 Å². The van der Waals surface area contributed by atoms with Crippen molar-refractivity contribution in [3.8, 4) is 0 Å². The molecule has 0 radical (unpaired) electrons. The second-order valence-electron chi connectivity index (χ2n) is 6.10. The van der Waals surface area contributed by atoms with Gasteiger partial charge in [0.15, 0.2) is 4.77 Å². The molecule has 0 atom stereocenters. The van der Waals surface area contributed by atoms with Crippen molar-refractivity contribution in [3.05, 3.63) is 56.7 Å². The summed E-state index contributed by atoms with van der Waals surface area (Å²) in [4.78, 5) is 12.6. The molecular weight excluding hydrogens is 418 g/mol. The average Bonchev–Trinajstić information content (AvgIpc) is 3.26. The first-order valence-electron chi connectivity index (χ1n) is 8.33. The molecule has 0 saturated carbocycles. The fourth-order valence-electron chi connectivity index (χ4n) is 2.48. The number of carbonyl (C=O) groups excluding carboxylic acids is 1. The third kappa shape index (κ3) is 4.49. The van der Waals surface area contributed by atoms with Gasteiger partial charge in [-0.3, -0.25) is 14.6 Å². The number of rotatable bonds is 7. The van der Waals surface area contributed by atoms with Crippen molar-refractivity contribution < 1.29 is 13.2 Å². The van der Waals surface area contributed by atoms with Crippen LogP contribution in [-0.4, -0.2) is 35.6 Å². The Balaban J connectivity index is 1.69. The largest absolute Gasteiger partial charge is 0.351 e. The fraction of sp³-hybridized carbons (Fsp3) is 0.235. The number of anilines is 1. The summed E-state index contributed by atoms with van der Waals surface area (Å²) in [6.07, 6.45) is 0.463. The van der Waals surface area contributed by atoms with Gasteiger partial charge in [-0.1, -0.05) is 17.7 Å². The Morgan fingerprint density at radius 3 is 2.64 bits per heavy atom. The van der Waals surface area contributed by atoms with Crippen LogP contribution in [0.15, 0.2) is 40.6 Å². The molecule has 0 spiro atoms. The lowest BCUT2D eigenvalue weighted by Gasteiger charge is -2.09. The number of H-pyrrole nitrogens is 1. The van der Waals surface area contributed by atoms with Gasteiger partial charge in [0.2, 0.25) is 0 Å². The molecule has 0 bridgehead atoms. The summed E-state index contributed by atoms with van der Waals surface area (Å²) in [6, 6.07) is 8.39. The van der Waals surface area contributed by atoms with Gasteiger partial charge >= 0.3 is 0 Å². The topological polar surface area (TPSA) is 109 Å². The van der Waals surface area contributed by atoms with E-state index in [1.807, 2.05) is 19.1 Å². The third-order valence-electron chi connectivity index (χ3n) is 4.04. The SMILES string of the molecule is Cc1ccc(NS(=O)(=O)c2ccsc2C(=O)NCCc2n[nH]c(=S)n2C)cc1. The lowest BCUT2D eigenvalue weighted by Crippen LogP contribution is -2.27. The Bertz CT molecular complexity index is 1140. The van der Waals surface area contributed by atoms with Gasteiger partial charge in [-0.05, 0) is 42.7 Å². The molecule has 28 heavy (non-hydrogen) atoms. The Kier molecular flexibility index (Phi) is 5.96. The van der Waals surface area contributed by atoms with Crippen molar-refractivity contribution in [1.29, 1.82) is 0 Å². The number of hydrogen-bond acceptors (Lipinski definition) is 6. The lowest BCUT2D eigenvalue weighted by molar-refractivity contribution is 0.0955. The first-order valence-corrected chi connectivity index (χ1v) is 11.1. The van der Waals surface area contributed by atoms with Crippen LogP contribution in [0.25, 0.3) is 0 Å². The van der Waals surface area contributed by atoms with E-state index >= 15 is 0 Å². The highest BCUT2D eigenvalue weighted by atomic mass is 32.2. The summed E-state index contributed by atoms with van der Waals surface area (Å²) in [6.45, 7) is 2.22. The number of carbonyl (C=O) groups is 1. The molecule has 0 aliphatic rings. The Morgan fingerprint density at radius 2 is 2.00 bits per heavy atom. The van der Waals surface area contributed by atoms with E-state index in [9.17, 15) is 13.2 Å². The normalized spacial score (nSPS) is 11.4. The maximum atomic E-state index is 12.7. The van der Waals surface area contributed by atoms with Crippen molar-refractivity contribution >= 4 is 45.2 Å². The Hall–Kier alpha value is -2.50. The van der Waals surface area contributed by atoms with E-state index in [1.165, 1.54) is 6.07 Å². The summed E-state index contributed by atoms with van der Waals surface area (Å²) < 4.78 is 30.1. The number of aromatic nitrogens is 3. The molecule has 3 aromatic rings. The lowest BCUT2D eigenvalue weighted by atomic mass is 10.2. The molecule has 3 rings (SSSR count). The van der Waals surface area contributed by atoms with E-state index in [1.54, 1.807) is 29.1 Å². The zero-order valence-corrected chi connectivity index (χ0v) is 17.7. The molecule has 11 heteroatoms. The van der Waals surface area contributed by atoms with Crippen molar-refractivity contribution in [2.24, 2.45) is 7.05 Å². The molecule has 0 unspecified atom stereocenters. The van der Waals surface area contributed by atoms with E-state index in [0.29, 0.717) is 29.2 Å². The number of aryl methyl sites for hydroxylation is 1. The maximum absolute atomic E-state index is 12.7. The standard InChI is InChI=1S/C17H19N5O3S3/c1-11-3-5-12(6-4-11)21-28(24,25)13-8-10-27-15(13)16(23)18-9-7-14-19-20-17(26)22(14)2/h3-6,8,10,21H,7,9H2,1-2H3,(H,18,23)(H,20,26). The highest BCUT2D eigenvalue weighted by Gasteiger charge is 2.24. The highest BCUT2D eigenvalue weighted by Crippen LogP contribution is 2.24. The van der Waals surface area contributed by atoms with Crippen LogP contribution in [0.5, 0.6) is 0 Å². The molecule has 8 nitrogen and oxygen atoms in total. The van der Waals surface area contributed by atoms with E-state index in [4.69, 9.17) is 12.2 Å². The summed E-state index contributed by atoms with van der Waals surface area (Å²) in [5.41, 5.74) is 1.46. The molecule has 0 aliphatic carbocycles. The molecule has 0 fully saturated rings. The number of sulfonamides is 1. The van der Waals surface area contributed by atoms with Crippen molar-refractivity contribution in [3.63, 3.8) is 0 Å². The van der Waals surface area contributed by atoms with E-state index in [0.717, 1.165) is 16.9 Å². The minimum atomic E-state index is -3.87. The predicted octanol–water partition coefficient (Wildman–Crippen LogP) is 2.62. The van der Waals surface area contributed by atoms with Gasteiger partial charge in [0.05, 0.1) is 0 Å². The molecule has 3 N–H and O–H groups in total. The number of benzene rings is 1. The fourth-order valence-corrected chi connectivity index (χ4v) is 5.03. The van der Waals surface area contributed by atoms with Crippen LogP contribution < -0.4 is 10.0 Å². The molecule has 1 amide bonds. The van der Waals surface area contributed by atoms with Crippen molar-refractivity contribution in [1.82, 2.24) is 20.1 Å². The van der Waals surface area contributed by atoms with Gasteiger partial charge in [-0.15, -0.1) is 11.3 Å². The number of thiophene rings is 1. The minimum absolute atomic E-state index is 0.0475. The zero-order valence-electron chi connectivity index (χ0n) is 15.2. The number of hydrogen-bond donors (Lipinski definition) is 3. The maximum Gasteiger partial charge on any atom is 0.263 e. The number of nitrogens with zero attached hydrogens (tertiary/aromatic N) is 2. The number of amides is 1. The number of aromatic amines is 1. The summed E-state index contributed by atoms with van der Waals surface area (Å²) in [5, 5.41) is 11.1. The van der Waals surface area contributed by atoms with Crippen LogP contribution in [0.4, 0.5) is 5.69 Å². The molecule has 1 aromatic carbocycles. The summed E-state index contributed by atoms with van der Waals surface area (Å²) in [7, 11) is -2.09. The van der Waals surface area contributed by atoms with Gasteiger partial charge < -0.3 is 9.88 Å². The number of nitrogens with one attached hydrogen (secondary N) is 3. The first kappa shape index (κ1) is 20.2. The third-order valence-corrected chi connectivity index (χ3v) is 6.87. The average molecular weight is 438 g/mol. The molecule has 2 heterocycles. The molecular formula is C17H19N5O3S3. The highest BCUT2D eigenvalue weighted by molar-refractivity contribution is 7.93. The molecule has 0 saturated heterocycles. The predicted molar refractivity (Wildman–Crippen MR) is 111 cm³/mol. The second-order valence-corrected chi connectivity index (χ2v) is 9.05. The quantitative estimate of drug-likeness (QED) is 0.492. The van der Waals surface area contributed by atoms with Crippen molar-refractivity contribution in [2.75, 3.05) is 11.3 Å². The summed E-state index contributed by atoms with van der Waals surface area (Å²) >= 11 is 6.12. The monoisotopic (exact) mass is 437 g/mol. The van der Waals surface area contributed by atoms with Crippen LogP contribution in [0.1, 0.15) is 21.1 Å². The van der Waals surface area contributed by atoms with E-state index < -0.39 is 15.9 Å². The minimum Gasteiger partial charge on any atom is -0.351 e. The van der Waals surface area contributed by atoms with Gasteiger partial charge in [-0.25, -0.2) is 8.42 Å². The summed E-state index contributed by atoms with van der Waals surface area (Å²) in [5.74, 6) is 0.251. The van der Waals surface area contributed by atoms with Crippen LogP contribution in [0.2, 0.25) is 0 Å². The molecule has 148 valence electrons. The van der Waals surface area contributed by atoms with Gasteiger partial charge in [0, 0.05) is 25.7 Å². The van der Waals surface area contributed by atoms with Gasteiger partial charge in [-0.2, -0.15) is 5.10 Å². The smallest absolute Gasteiger partial charge is 0.263 e. The molecule has 2 aromatic heterocycles. The zero-order chi connectivity index (χ0) is 20.3. The van der Waals surface area contributed by atoms with E-state index in [2.05, 4.69) is 20.2 Å². The van der Waals surface area contributed by atoms with Gasteiger partial charge in [0.25, 0.3) is 15.9 Å². The van der Waals surface area contributed by atoms with Crippen LogP contribution in [0.3, 0.4) is 0 Å². The van der Waals surface area contributed by atoms with Crippen LogP contribution in [-0.2, 0) is 23.5 Å². The molecule has 0 aliphatic heterocycles. The first-order chi connectivity index (χ1) is 13.3. The second kappa shape index (κ2) is 8.25. The van der Waals surface area contributed by atoms with Crippen molar-refractivity contribution in [2.45, 2.75) is 18.2 Å². The Labute approximate surface area is 171 Å². The Morgan fingerprint density at radius 1 is 1.29 bits per heavy atom.